The fourth-order valence-electron chi connectivity index (χ4n) is 3.99. The standard InChI is InChI=1S/C27H23F7N4O5S2/c1-12(27(32,33)34)38-45(41,42)17-9-8-15(19(20(17)29)22(30)31)21-16(10-13-4-6-14(28)7-5-13)35-24(44-21)23-37-36-18(43-23)11-26(2,3)25(39)40/h4-9,12,22,38H,10-11H2,1-3H3,(H,39,40)/t12-/m0/s1. The van der Waals surface area contributed by atoms with Gasteiger partial charge in [-0.05, 0) is 44.5 Å². The van der Waals surface area contributed by atoms with Crippen molar-refractivity contribution in [3.05, 3.63) is 70.7 Å². The van der Waals surface area contributed by atoms with Crippen molar-refractivity contribution < 1.29 is 53.5 Å². The Hall–Kier alpha value is -3.90. The molecule has 0 aliphatic rings. The zero-order valence-electron chi connectivity index (χ0n) is 23.4. The second-order valence-corrected chi connectivity index (χ2v) is 13.2. The lowest BCUT2D eigenvalue weighted by molar-refractivity contribution is -0.147. The van der Waals surface area contributed by atoms with Crippen molar-refractivity contribution in [1.29, 1.82) is 0 Å². The van der Waals surface area contributed by atoms with E-state index in [1.807, 2.05) is 0 Å². The molecular formula is C27H23F7N4O5S2. The van der Waals surface area contributed by atoms with Crippen molar-refractivity contribution in [2.24, 2.45) is 5.41 Å². The van der Waals surface area contributed by atoms with Crippen LogP contribution >= 0.6 is 11.3 Å². The summed E-state index contributed by atoms with van der Waals surface area (Å²) in [5, 5.41) is 17.0. The summed E-state index contributed by atoms with van der Waals surface area (Å²) in [7, 11) is -5.25. The smallest absolute Gasteiger partial charge is 0.404 e. The van der Waals surface area contributed by atoms with Crippen LogP contribution in [0.2, 0.25) is 0 Å². The van der Waals surface area contributed by atoms with E-state index < -0.39 is 67.7 Å². The van der Waals surface area contributed by atoms with Crippen LogP contribution in [0.1, 0.15) is 49.9 Å². The maximum Gasteiger partial charge on any atom is 0.404 e. The summed E-state index contributed by atoms with van der Waals surface area (Å²) >= 11 is 0.682. The van der Waals surface area contributed by atoms with Crippen LogP contribution < -0.4 is 4.72 Å². The molecule has 0 bridgehead atoms. The number of halogens is 7. The van der Waals surface area contributed by atoms with Gasteiger partial charge in [0.05, 0.1) is 21.5 Å². The summed E-state index contributed by atoms with van der Waals surface area (Å²) in [5.74, 6) is -3.98. The van der Waals surface area contributed by atoms with Crippen molar-refractivity contribution in [3.63, 3.8) is 0 Å². The molecule has 0 unspecified atom stereocenters. The number of sulfonamides is 1. The van der Waals surface area contributed by atoms with Gasteiger partial charge in [0.2, 0.25) is 15.9 Å². The van der Waals surface area contributed by atoms with E-state index in [4.69, 9.17) is 4.42 Å². The molecule has 0 radical (unpaired) electrons. The molecule has 0 aliphatic carbocycles. The van der Waals surface area contributed by atoms with Gasteiger partial charge >= 0.3 is 12.1 Å². The van der Waals surface area contributed by atoms with E-state index in [2.05, 4.69) is 15.2 Å². The van der Waals surface area contributed by atoms with E-state index in [9.17, 15) is 44.7 Å². The predicted octanol–water partition coefficient (Wildman–Crippen LogP) is 6.55. The first-order chi connectivity index (χ1) is 20.8. The van der Waals surface area contributed by atoms with Crippen LogP contribution in [-0.2, 0) is 27.7 Å². The highest BCUT2D eigenvalue weighted by atomic mass is 32.2. The maximum absolute atomic E-state index is 15.5. The number of nitrogens with one attached hydrogen (secondary N) is 1. The highest BCUT2D eigenvalue weighted by Crippen LogP contribution is 2.43. The van der Waals surface area contributed by atoms with Crippen LogP contribution in [0.5, 0.6) is 0 Å². The lowest BCUT2D eigenvalue weighted by Gasteiger charge is -2.19. The Morgan fingerprint density at radius 1 is 1.07 bits per heavy atom. The third kappa shape index (κ3) is 7.50. The monoisotopic (exact) mass is 680 g/mol. The molecule has 4 aromatic rings. The third-order valence-electron chi connectivity index (χ3n) is 6.52. The second kappa shape index (κ2) is 12.5. The highest BCUT2D eigenvalue weighted by Gasteiger charge is 2.40. The van der Waals surface area contributed by atoms with Gasteiger partial charge in [-0.25, -0.2) is 31.0 Å². The van der Waals surface area contributed by atoms with Gasteiger partial charge in [0, 0.05) is 18.4 Å². The van der Waals surface area contributed by atoms with Gasteiger partial charge in [0.1, 0.15) is 16.8 Å². The van der Waals surface area contributed by atoms with Crippen molar-refractivity contribution in [2.75, 3.05) is 0 Å². The van der Waals surface area contributed by atoms with Crippen molar-refractivity contribution in [3.8, 4) is 21.3 Å². The quantitative estimate of drug-likeness (QED) is 0.170. The summed E-state index contributed by atoms with van der Waals surface area (Å²) in [6.45, 7) is 3.31. The number of hydrogen-bond acceptors (Lipinski definition) is 8. The van der Waals surface area contributed by atoms with E-state index in [0.717, 1.165) is 18.2 Å². The highest BCUT2D eigenvalue weighted by molar-refractivity contribution is 7.89. The molecule has 2 aromatic heterocycles. The molecule has 0 spiro atoms. The lowest BCUT2D eigenvalue weighted by Crippen LogP contribution is -2.43. The molecule has 0 amide bonds. The average molecular weight is 681 g/mol. The van der Waals surface area contributed by atoms with Gasteiger partial charge in [0.15, 0.2) is 10.8 Å². The number of nitrogens with zero attached hydrogens (tertiary/aromatic N) is 3. The fraction of sp³-hybridized carbons (Fsp3) is 0.333. The Morgan fingerprint density at radius 3 is 2.29 bits per heavy atom. The minimum Gasteiger partial charge on any atom is -0.481 e. The number of aromatic nitrogens is 3. The number of thiazole rings is 1. The predicted molar refractivity (Wildman–Crippen MR) is 146 cm³/mol. The summed E-state index contributed by atoms with van der Waals surface area (Å²) in [4.78, 5) is 14.3. The number of carboxylic acids is 1. The SMILES string of the molecule is C[C@H](NS(=O)(=O)c1ccc(-c2sc(-c3nnc(CC(C)(C)C(=O)O)o3)nc2Cc2ccc(F)cc2)c(C(F)F)c1F)C(F)(F)F. The van der Waals surface area contributed by atoms with Crippen LogP contribution in [0.25, 0.3) is 21.3 Å². The van der Waals surface area contributed by atoms with E-state index in [1.54, 1.807) is 0 Å². The molecule has 1 atom stereocenters. The molecule has 0 saturated heterocycles. The number of alkyl halides is 5. The number of rotatable bonds is 11. The molecule has 9 nitrogen and oxygen atoms in total. The zero-order valence-corrected chi connectivity index (χ0v) is 25.1. The molecule has 0 fully saturated rings. The summed E-state index contributed by atoms with van der Waals surface area (Å²) in [6, 6.07) is 3.76. The molecule has 4 rings (SSSR count). The number of hydrogen-bond donors (Lipinski definition) is 2. The molecule has 45 heavy (non-hydrogen) atoms. The van der Waals surface area contributed by atoms with E-state index >= 15 is 4.39 Å². The molecule has 2 aromatic carbocycles. The van der Waals surface area contributed by atoms with E-state index in [0.29, 0.717) is 29.9 Å². The maximum atomic E-state index is 15.5. The van der Waals surface area contributed by atoms with Crippen LogP contribution in [0.3, 0.4) is 0 Å². The molecule has 0 aliphatic heterocycles. The first-order valence-corrected chi connectivity index (χ1v) is 15.1. The summed E-state index contributed by atoms with van der Waals surface area (Å²) < 4.78 is 129. The van der Waals surface area contributed by atoms with Crippen LogP contribution in [-0.4, -0.2) is 46.9 Å². The average Bonchev–Trinajstić information content (AvgIpc) is 3.55. The van der Waals surface area contributed by atoms with E-state index in [-0.39, 0.29) is 40.2 Å². The second-order valence-electron chi connectivity index (χ2n) is 10.5. The van der Waals surface area contributed by atoms with Gasteiger partial charge < -0.3 is 9.52 Å². The van der Waals surface area contributed by atoms with E-state index in [1.165, 1.54) is 30.7 Å². The molecule has 2 heterocycles. The normalized spacial score (nSPS) is 13.4. The van der Waals surface area contributed by atoms with Crippen molar-refractivity contribution >= 4 is 27.3 Å². The minimum atomic E-state index is -5.25. The van der Waals surface area contributed by atoms with Crippen molar-refractivity contribution in [1.82, 2.24) is 19.9 Å². The Labute approximate surface area is 255 Å². The molecular weight excluding hydrogens is 657 g/mol. The van der Waals surface area contributed by atoms with Crippen molar-refractivity contribution in [2.45, 2.75) is 57.2 Å². The molecule has 242 valence electrons. The van der Waals surface area contributed by atoms with Crippen LogP contribution in [0.15, 0.2) is 45.7 Å². The fourth-order valence-corrected chi connectivity index (χ4v) is 6.35. The van der Waals surface area contributed by atoms with Gasteiger partial charge in [-0.3, -0.25) is 4.79 Å². The number of aliphatic carboxylic acids is 1. The van der Waals surface area contributed by atoms with Crippen LogP contribution in [0.4, 0.5) is 30.7 Å². The van der Waals surface area contributed by atoms with Gasteiger partial charge in [-0.15, -0.1) is 21.5 Å². The number of carbonyl (C=O) groups is 1. The van der Waals surface area contributed by atoms with Gasteiger partial charge in [-0.2, -0.15) is 17.9 Å². The first-order valence-electron chi connectivity index (χ1n) is 12.8. The van der Waals surface area contributed by atoms with Crippen LogP contribution in [0, 0.1) is 17.0 Å². The Kier molecular flexibility index (Phi) is 9.42. The zero-order chi connectivity index (χ0) is 33.5. The van der Waals surface area contributed by atoms with Gasteiger partial charge in [-0.1, -0.05) is 18.2 Å². The summed E-state index contributed by atoms with van der Waals surface area (Å²) in [5.41, 5.74) is -2.73. The lowest BCUT2D eigenvalue weighted by atomic mass is 9.90. The van der Waals surface area contributed by atoms with Gasteiger partial charge in [0.25, 0.3) is 12.3 Å². The summed E-state index contributed by atoms with van der Waals surface area (Å²) in [6.07, 6.45) is -8.96. The topological polar surface area (TPSA) is 135 Å². The first kappa shape index (κ1) is 34.0. The molecule has 0 saturated carbocycles. The molecule has 2 N–H and O–H groups in total. The Balaban J connectivity index is 1.85. The largest absolute Gasteiger partial charge is 0.481 e. The minimum absolute atomic E-state index is 0.0351. The number of carboxylic acid groups (broad SMARTS) is 1. The number of benzene rings is 2. The third-order valence-corrected chi connectivity index (χ3v) is 9.20. The Bertz CT molecular complexity index is 1820. The molecule has 18 heteroatoms. The Morgan fingerprint density at radius 2 is 1.71 bits per heavy atom.